The molecule has 0 atom stereocenters. The van der Waals surface area contributed by atoms with Crippen molar-refractivity contribution in [2.24, 2.45) is 0 Å². The lowest BCUT2D eigenvalue weighted by Gasteiger charge is -2.27. The fourth-order valence-electron chi connectivity index (χ4n) is 2.25. The Bertz CT molecular complexity index is 502. The number of nitrogens with zero attached hydrogens (tertiary/aromatic N) is 3. The molecule has 0 saturated carbocycles. The minimum absolute atomic E-state index is 0.619. The molecule has 2 aromatic heterocycles. The molecule has 0 amide bonds. The maximum absolute atomic E-state index is 5.95. The van der Waals surface area contributed by atoms with Gasteiger partial charge in [0.15, 0.2) is 0 Å². The zero-order chi connectivity index (χ0) is 11.0. The first kappa shape index (κ1) is 9.90. The molecule has 84 valence electrons. The number of halogens is 1. The Morgan fingerprint density at radius 2 is 2.00 bits per heavy atom. The van der Waals surface area contributed by atoms with Crippen LogP contribution in [0.5, 0.6) is 0 Å². The van der Waals surface area contributed by atoms with Crippen LogP contribution in [-0.2, 0) is 0 Å². The molecule has 0 aliphatic carbocycles. The molecule has 0 aromatic carbocycles. The second-order valence-corrected chi connectivity index (χ2v) is 4.53. The Labute approximate surface area is 98.6 Å². The predicted molar refractivity (Wildman–Crippen MR) is 65.0 cm³/mol. The quantitative estimate of drug-likeness (QED) is 0.828. The smallest absolute Gasteiger partial charge is 0.144 e. The van der Waals surface area contributed by atoms with Crippen LogP contribution in [0.15, 0.2) is 12.4 Å². The predicted octanol–water partition coefficient (Wildman–Crippen LogP) is 2.60. The second-order valence-electron chi connectivity index (χ2n) is 4.12. The number of nitrogens with one attached hydrogen (secondary N) is 1. The SMILES string of the molecule is Clc1cc2c(N3CCCCC3)ncnc2[nH]1. The van der Waals surface area contributed by atoms with Gasteiger partial charge in [0.1, 0.15) is 22.9 Å². The van der Waals surface area contributed by atoms with Crippen molar-refractivity contribution in [3.8, 4) is 0 Å². The molecular weight excluding hydrogens is 224 g/mol. The first-order chi connectivity index (χ1) is 7.84. The third-order valence-electron chi connectivity index (χ3n) is 3.03. The summed E-state index contributed by atoms with van der Waals surface area (Å²) in [7, 11) is 0. The maximum atomic E-state index is 5.95. The number of fused-ring (bicyclic) bond motifs is 1. The fraction of sp³-hybridized carbons (Fsp3) is 0.455. The van der Waals surface area contributed by atoms with Crippen molar-refractivity contribution < 1.29 is 0 Å². The highest BCUT2D eigenvalue weighted by molar-refractivity contribution is 6.30. The van der Waals surface area contributed by atoms with Gasteiger partial charge in [0.2, 0.25) is 0 Å². The standard InChI is InChI=1S/C11H13ClN4/c12-9-6-8-10(15-9)13-7-14-11(8)16-4-2-1-3-5-16/h6-7H,1-5H2,(H,13,14,15). The molecule has 3 rings (SSSR count). The molecule has 2 aromatic rings. The molecule has 0 spiro atoms. The summed E-state index contributed by atoms with van der Waals surface area (Å²) in [5.41, 5.74) is 0.820. The average molecular weight is 237 g/mol. The van der Waals surface area contributed by atoms with Crippen LogP contribution in [0.1, 0.15) is 19.3 Å². The van der Waals surface area contributed by atoms with Gasteiger partial charge in [-0.25, -0.2) is 9.97 Å². The van der Waals surface area contributed by atoms with Crippen molar-refractivity contribution in [2.45, 2.75) is 19.3 Å². The summed E-state index contributed by atoms with van der Waals surface area (Å²) in [6.45, 7) is 2.16. The van der Waals surface area contributed by atoms with E-state index in [1.54, 1.807) is 6.33 Å². The molecule has 16 heavy (non-hydrogen) atoms. The normalized spacial score (nSPS) is 16.9. The van der Waals surface area contributed by atoms with E-state index in [1.165, 1.54) is 19.3 Å². The monoisotopic (exact) mass is 236 g/mol. The molecule has 1 aliphatic rings. The summed E-state index contributed by atoms with van der Waals surface area (Å²) < 4.78 is 0. The summed E-state index contributed by atoms with van der Waals surface area (Å²) in [4.78, 5) is 13.9. The lowest BCUT2D eigenvalue weighted by molar-refractivity contribution is 0.574. The number of anilines is 1. The minimum Gasteiger partial charge on any atom is -0.356 e. The van der Waals surface area contributed by atoms with Crippen LogP contribution in [0, 0.1) is 0 Å². The van der Waals surface area contributed by atoms with E-state index < -0.39 is 0 Å². The van der Waals surface area contributed by atoms with Crippen molar-refractivity contribution >= 4 is 28.5 Å². The second kappa shape index (κ2) is 3.94. The van der Waals surface area contributed by atoms with Crippen LogP contribution in [0.4, 0.5) is 5.82 Å². The summed E-state index contributed by atoms with van der Waals surface area (Å²) >= 11 is 5.95. The molecule has 1 aliphatic heterocycles. The van der Waals surface area contributed by atoms with E-state index in [2.05, 4.69) is 19.9 Å². The number of aromatic amines is 1. The van der Waals surface area contributed by atoms with Gasteiger partial charge in [0.25, 0.3) is 0 Å². The van der Waals surface area contributed by atoms with Gasteiger partial charge in [-0.05, 0) is 25.3 Å². The first-order valence-electron chi connectivity index (χ1n) is 5.59. The molecule has 1 N–H and O–H groups in total. The van der Waals surface area contributed by atoms with Gasteiger partial charge in [-0.3, -0.25) is 0 Å². The van der Waals surface area contributed by atoms with Crippen LogP contribution in [0.2, 0.25) is 5.15 Å². The van der Waals surface area contributed by atoms with Crippen LogP contribution in [0.25, 0.3) is 11.0 Å². The summed E-state index contributed by atoms with van der Waals surface area (Å²) in [6, 6.07) is 1.90. The van der Waals surface area contributed by atoms with Crippen LogP contribution >= 0.6 is 11.6 Å². The Balaban J connectivity index is 2.07. The lowest BCUT2D eigenvalue weighted by Crippen LogP contribution is -2.30. The highest BCUT2D eigenvalue weighted by Crippen LogP contribution is 2.27. The Morgan fingerprint density at radius 1 is 1.19 bits per heavy atom. The molecule has 0 unspecified atom stereocenters. The van der Waals surface area contributed by atoms with Gasteiger partial charge in [-0.2, -0.15) is 0 Å². The minimum atomic E-state index is 0.619. The van der Waals surface area contributed by atoms with Gasteiger partial charge >= 0.3 is 0 Å². The molecule has 1 fully saturated rings. The van der Waals surface area contributed by atoms with E-state index >= 15 is 0 Å². The third-order valence-corrected chi connectivity index (χ3v) is 3.23. The van der Waals surface area contributed by atoms with Crippen molar-refractivity contribution in [3.05, 3.63) is 17.5 Å². The molecule has 0 radical (unpaired) electrons. The topological polar surface area (TPSA) is 44.8 Å². The van der Waals surface area contributed by atoms with Crippen molar-refractivity contribution in [1.29, 1.82) is 0 Å². The molecule has 5 heteroatoms. The Hall–Kier alpha value is -1.29. The Morgan fingerprint density at radius 3 is 2.81 bits per heavy atom. The van der Waals surface area contributed by atoms with E-state index in [9.17, 15) is 0 Å². The zero-order valence-corrected chi connectivity index (χ0v) is 9.67. The number of hydrogen-bond donors (Lipinski definition) is 1. The number of H-pyrrole nitrogens is 1. The van der Waals surface area contributed by atoms with Gasteiger partial charge in [-0.15, -0.1) is 0 Å². The van der Waals surface area contributed by atoms with Gasteiger partial charge in [-0.1, -0.05) is 11.6 Å². The molecule has 4 nitrogen and oxygen atoms in total. The highest BCUT2D eigenvalue weighted by atomic mass is 35.5. The van der Waals surface area contributed by atoms with Crippen LogP contribution in [0.3, 0.4) is 0 Å². The maximum Gasteiger partial charge on any atom is 0.144 e. The number of hydrogen-bond acceptors (Lipinski definition) is 3. The van der Waals surface area contributed by atoms with E-state index in [0.717, 1.165) is 29.9 Å². The van der Waals surface area contributed by atoms with Gasteiger partial charge in [0.05, 0.1) is 5.39 Å². The number of piperidine rings is 1. The zero-order valence-electron chi connectivity index (χ0n) is 8.91. The number of rotatable bonds is 1. The van der Waals surface area contributed by atoms with E-state index in [1.807, 2.05) is 6.07 Å². The number of aromatic nitrogens is 3. The fourth-order valence-corrected chi connectivity index (χ4v) is 2.45. The summed E-state index contributed by atoms with van der Waals surface area (Å²) in [5, 5.41) is 1.64. The highest BCUT2D eigenvalue weighted by Gasteiger charge is 2.16. The molecule has 0 bridgehead atoms. The van der Waals surface area contributed by atoms with Crippen molar-refractivity contribution in [1.82, 2.24) is 15.0 Å². The molecular formula is C11H13ClN4. The summed E-state index contributed by atoms with van der Waals surface area (Å²) in [5.74, 6) is 1.01. The van der Waals surface area contributed by atoms with Gasteiger partial charge < -0.3 is 9.88 Å². The first-order valence-corrected chi connectivity index (χ1v) is 5.96. The van der Waals surface area contributed by atoms with Crippen molar-refractivity contribution in [3.63, 3.8) is 0 Å². The van der Waals surface area contributed by atoms with Gasteiger partial charge in [0, 0.05) is 13.1 Å². The third kappa shape index (κ3) is 1.63. The summed E-state index contributed by atoms with van der Waals surface area (Å²) in [6.07, 6.45) is 5.39. The van der Waals surface area contributed by atoms with Crippen LogP contribution in [-0.4, -0.2) is 28.0 Å². The van der Waals surface area contributed by atoms with E-state index in [0.29, 0.717) is 5.15 Å². The van der Waals surface area contributed by atoms with E-state index in [4.69, 9.17) is 11.6 Å². The van der Waals surface area contributed by atoms with E-state index in [-0.39, 0.29) is 0 Å². The molecule has 1 saturated heterocycles. The Kier molecular flexibility index (Phi) is 2.44. The lowest BCUT2D eigenvalue weighted by atomic mass is 10.1. The largest absolute Gasteiger partial charge is 0.356 e. The molecule has 3 heterocycles. The average Bonchev–Trinajstić information content (AvgIpc) is 2.70. The van der Waals surface area contributed by atoms with Crippen molar-refractivity contribution in [2.75, 3.05) is 18.0 Å². The van der Waals surface area contributed by atoms with Crippen LogP contribution < -0.4 is 4.90 Å².